The monoisotopic (exact) mass is 439 g/mol. The molecule has 0 unspecified atom stereocenters. The molecule has 0 radical (unpaired) electrons. The van der Waals surface area contributed by atoms with Crippen LogP contribution in [0.25, 0.3) is 0 Å². The molecule has 0 aromatic heterocycles. The minimum absolute atomic E-state index is 0.257. The van der Waals surface area contributed by atoms with E-state index in [9.17, 15) is 14.4 Å². The molecule has 9 heteroatoms. The van der Waals surface area contributed by atoms with Crippen molar-refractivity contribution in [2.75, 3.05) is 25.6 Å². The lowest BCUT2D eigenvalue weighted by Crippen LogP contribution is -2.46. The zero-order valence-electron chi connectivity index (χ0n) is 18.1. The largest absolute Gasteiger partial charge is 0.493 e. The summed E-state index contributed by atoms with van der Waals surface area (Å²) in [5.41, 5.74) is 2.04. The van der Waals surface area contributed by atoms with Crippen molar-refractivity contribution in [2.45, 2.75) is 19.9 Å². The fourth-order valence-corrected chi connectivity index (χ4v) is 3.29. The van der Waals surface area contributed by atoms with E-state index >= 15 is 0 Å². The van der Waals surface area contributed by atoms with Gasteiger partial charge in [-0.05, 0) is 43.7 Å². The van der Waals surface area contributed by atoms with Gasteiger partial charge in [0.25, 0.3) is 5.91 Å². The molecule has 0 bridgehead atoms. The summed E-state index contributed by atoms with van der Waals surface area (Å²) in [6, 6.07) is 12.8. The molecular weight excluding hydrogens is 414 g/mol. The van der Waals surface area contributed by atoms with Gasteiger partial charge in [0.1, 0.15) is 0 Å². The predicted molar refractivity (Wildman–Crippen MR) is 117 cm³/mol. The number of nitrogens with one attached hydrogen (secondary N) is 3. The summed E-state index contributed by atoms with van der Waals surface area (Å²) in [5, 5.41) is 8.27. The number of allylic oxidation sites excluding steroid dienone is 1. The standard InChI is InChI=1S/C23H25N3O6/c1-4-31-19(27)13-32-17-11-10-15(12-18(17)30-3)21-20(14(2)24-23(29)26-21)22(28)25-16-8-6-5-7-9-16/h5-12,21H,4,13H2,1-3H3,(H,25,28)(H2,24,26,29)/t21-/m0/s1. The number of para-hydroxylation sites is 1. The number of urea groups is 1. The van der Waals surface area contributed by atoms with Crippen molar-refractivity contribution in [1.29, 1.82) is 0 Å². The number of amides is 3. The third-order valence-electron chi connectivity index (χ3n) is 4.72. The van der Waals surface area contributed by atoms with Gasteiger partial charge in [0.2, 0.25) is 0 Å². The Balaban J connectivity index is 1.87. The molecule has 168 valence electrons. The second kappa shape index (κ2) is 10.3. The average Bonchev–Trinajstić information content (AvgIpc) is 2.77. The minimum atomic E-state index is -0.722. The Morgan fingerprint density at radius 1 is 1.09 bits per heavy atom. The molecule has 0 aliphatic carbocycles. The first-order chi connectivity index (χ1) is 15.4. The van der Waals surface area contributed by atoms with Crippen molar-refractivity contribution in [3.8, 4) is 11.5 Å². The van der Waals surface area contributed by atoms with Crippen LogP contribution in [0.5, 0.6) is 11.5 Å². The first-order valence-corrected chi connectivity index (χ1v) is 10.0. The summed E-state index contributed by atoms with van der Waals surface area (Å²) in [6.45, 7) is 3.37. The normalized spacial score (nSPS) is 15.3. The Morgan fingerprint density at radius 2 is 1.84 bits per heavy atom. The molecule has 3 amide bonds. The fourth-order valence-electron chi connectivity index (χ4n) is 3.29. The van der Waals surface area contributed by atoms with Crippen LogP contribution in [0.2, 0.25) is 0 Å². The molecular formula is C23H25N3O6. The van der Waals surface area contributed by atoms with Crippen molar-refractivity contribution < 1.29 is 28.6 Å². The lowest BCUT2D eigenvalue weighted by Gasteiger charge is -2.29. The van der Waals surface area contributed by atoms with E-state index in [1.165, 1.54) is 7.11 Å². The summed E-state index contributed by atoms with van der Waals surface area (Å²) >= 11 is 0. The third kappa shape index (κ3) is 5.37. The summed E-state index contributed by atoms with van der Waals surface area (Å²) in [5.74, 6) is -0.170. The molecule has 1 aliphatic heterocycles. The number of esters is 1. The smallest absolute Gasteiger partial charge is 0.344 e. The molecule has 2 aromatic carbocycles. The van der Waals surface area contributed by atoms with E-state index in [1.54, 1.807) is 44.2 Å². The number of anilines is 1. The Labute approximate surface area is 185 Å². The molecule has 1 heterocycles. The maximum atomic E-state index is 13.1. The van der Waals surface area contributed by atoms with Crippen LogP contribution >= 0.6 is 0 Å². The van der Waals surface area contributed by atoms with E-state index < -0.39 is 18.0 Å². The zero-order chi connectivity index (χ0) is 23.1. The summed E-state index contributed by atoms with van der Waals surface area (Å²) in [6.07, 6.45) is 0. The summed E-state index contributed by atoms with van der Waals surface area (Å²) < 4.78 is 15.7. The molecule has 3 N–H and O–H groups in total. The van der Waals surface area contributed by atoms with Crippen molar-refractivity contribution >= 4 is 23.6 Å². The number of methoxy groups -OCH3 is 1. The third-order valence-corrected chi connectivity index (χ3v) is 4.72. The van der Waals surface area contributed by atoms with Gasteiger partial charge in [-0.1, -0.05) is 24.3 Å². The quantitative estimate of drug-likeness (QED) is 0.545. The topological polar surface area (TPSA) is 115 Å². The van der Waals surface area contributed by atoms with E-state index in [-0.39, 0.29) is 19.1 Å². The van der Waals surface area contributed by atoms with Crippen LogP contribution in [0, 0.1) is 0 Å². The molecule has 0 saturated heterocycles. The Hall–Kier alpha value is -4.01. The number of carbonyl (C=O) groups is 3. The molecule has 1 atom stereocenters. The van der Waals surface area contributed by atoms with E-state index in [0.29, 0.717) is 34.0 Å². The number of benzene rings is 2. The molecule has 0 spiro atoms. The molecule has 9 nitrogen and oxygen atoms in total. The van der Waals surface area contributed by atoms with Crippen molar-refractivity contribution in [1.82, 2.24) is 10.6 Å². The fraction of sp³-hybridized carbons (Fsp3) is 0.261. The summed E-state index contributed by atoms with van der Waals surface area (Å²) in [7, 11) is 1.46. The van der Waals surface area contributed by atoms with E-state index in [1.807, 2.05) is 18.2 Å². The van der Waals surface area contributed by atoms with Gasteiger partial charge in [-0.25, -0.2) is 9.59 Å². The summed E-state index contributed by atoms with van der Waals surface area (Å²) in [4.78, 5) is 36.8. The Morgan fingerprint density at radius 3 is 2.53 bits per heavy atom. The van der Waals surface area contributed by atoms with Gasteiger partial charge in [-0.15, -0.1) is 0 Å². The highest BCUT2D eigenvalue weighted by Gasteiger charge is 2.32. The second-order valence-corrected chi connectivity index (χ2v) is 6.89. The highest BCUT2D eigenvalue weighted by Crippen LogP contribution is 2.34. The molecule has 1 aliphatic rings. The average molecular weight is 439 g/mol. The number of hydrogen-bond donors (Lipinski definition) is 3. The van der Waals surface area contributed by atoms with Crippen LogP contribution in [0.15, 0.2) is 59.8 Å². The maximum Gasteiger partial charge on any atom is 0.344 e. The highest BCUT2D eigenvalue weighted by atomic mass is 16.6. The lowest BCUT2D eigenvalue weighted by atomic mass is 9.94. The first kappa shape index (κ1) is 22.7. The second-order valence-electron chi connectivity index (χ2n) is 6.89. The molecule has 32 heavy (non-hydrogen) atoms. The number of carbonyl (C=O) groups excluding carboxylic acids is 3. The molecule has 0 saturated carbocycles. The van der Waals surface area contributed by atoms with Crippen LogP contribution in [0.1, 0.15) is 25.5 Å². The molecule has 2 aromatic rings. The predicted octanol–water partition coefficient (Wildman–Crippen LogP) is 2.90. The minimum Gasteiger partial charge on any atom is -0.493 e. The van der Waals surface area contributed by atoms with Crippen molar-refractivity contribution in [3.63, 3.8) is 0 Å². The van der Waals surface area contributed by atoms with Crippen molar-refractivity contribution in [3.05, 3.63) is 65.4 Å². The SMILES string of the molecule is CCOC(=O)COc1ccc([C@@H]2NC(=O)NC(C)=C2C(=O)Nc2ccccc2)cc1OC. The van der Waals surface area contributed by atoms with E-state index in [0.717, 1.165) is 0 Å². The van der Waals surface area contributed by atoms with Crippen LogP contribution in [0.4, 0.5) is 10.5 Å². The van der Waals surface area contributed by atoms with Gasteiger partial charge < -0.3 is 30.2 Å². The van der Waals surface area contributed by atoms with Gasteiger partial charge in [0, 0.05) is 11.4 Å². The van der Waals surface area contributed by atoms with Crippen LogP contribution < -0.4 is 25.4 Å². The van der Waals surface area contributed by atoms with Gasteiger partial charge in [0.15, 0.2) is 18.1 Å². The molecule has 3 rings (SSSR count). The number of hydrogen-bond acceptors (Lipinski definition) is 6. The zero-order valence-corrected chi connectivity index (χ0v) is 18.1. The Bertz CT molecular complexity index is 1040. The lowest BCUT2D eigenvalue weighted by molar-refractivity contribution is -0.145. The van der Waals surface area contributed by atoms with Crippen LogP contribution in [-0.2, 0) is 14.3 Å². The van der Waals surface area contributed by atoms with E-state index in [2.05, 4.69) is 16.0 Å². The first-order valence-electron chi connectivity index (χ1n) is 10.0. The van der Waals surface area contributed by atoms with Gasteiger partial charge in [-0.3, -0.25) is 4.79 Å². The Kier molecular flexibility index (Phi) is 7.33. The molecule has 0 fully saturated rings. The number of ether oxygens (including phenoxy) is 3. The van der Waals surface area contributed by atoms with Gasteiger partial charge in [-0.2, -0.15) is 0 Å². The van der Waals surface area contributed by atoms with E-state index in [4.69, 9.17) is 14.2 Å². The maximum absolute atomic E-state index is 13.1. The van der Waals surface area contributed by atoms with Gasteiger partial charge in [0.05, 0.1) is 25.3 Å². The van der Waals surface area contributed by atoms with Crippen molar-refractivity contribution in [2.24, 2.45) is 0 Å². The van der Waals surface area contributed by atoms with Crippen LogP contribution in [-0.4, -0.2) is 38.2 Å². The number of rotatable bonds is 8. The highest BCUT2D eigenvalue weighted by molar-refractivity contribution is 6.06. The van der Waals surface area contributed by atoms with Crippen LogP contribution in [0.3, 0.4) is 0 Å². The van der Waals surface area contributed by atoms with Gasteiger partial charge >= 0.3 is 12.0 Å².